The Balaban J connectivity index is 1.47. The van der Waals surface area contributed by atoms with Crippen LogP contribution >= 0.6 is 0 Å². The predicted molar refractivity (Wildman–Crippen MR) is 98.1 cm³/mol. The van der Waals surface area contributed by atoms with Crippen molar-refractivity contribution in [1.82, 2.24) is 4.90 Å². The molecule has 7 nitrogen and oxygen atoms in total. The lowest BCUT2D eigenvalue weighted by atomic mass is 10.1. The van der Waals surface area contributed by atoms with Crippen LogP contribution in [-0.2, 0) is 19.1 Å². The summed E-state index contributed by atoms with van der Waals surface area (Å²) in [6.45, 7) is 1.41. The predicted octanol–water partition coefficient (Wildman–Crippen LogP) is 2.16. The van der Waals surface area contributed by atoms with Crippen LogP contribution in [0.4, 0.5) is 5.69 Å². The van der Waals surface area contributed by atoms with Gasteiger partial charge in [-0.05, 0) is 31.9 Å². The number of nitrogens with one attached hydrogen (secondary N) is 1. The Morgan fingerprint density at radius 1 is 1.22 bits per heavy atom. The summed E-state index contributed by atoms with van der Waals surface area (Å²) in [5, 5.41) is 2.60. The number of nitrogens with zero attached hydrogens (tertiary/aromatic N) is 1. The fourth-order valence-corrected chi connectivity index (χ4v) is 3.73. The molecule has 0 aromatic heterocycles. The summed E-state index contributed by atoms with van der Waals surface area (Å²) in [6, 6.07) is 6.79. The first-order valence-electron chi connectivity index (χ1n) is 9.31. The van der Waals surface area contributed by atoms with Crippen LogP contribution in [0.3, 0.4) is 0 Å². The highest BCUT2D eigenvalue weighted by Gasteiger charge is 2.39. The minimum Gasteiger partial charge on any atom is -0.455 e. The summed E-state index contributed by atoms with van der Waals surface area (Å²) >= 11 is 0. The summed E-state index contributed by atoms with van der Waals surface area (Å²) in [5.41, 5.74) is 0.952. The number of ketones is 1. The average Bonchev–Trinajstić information content (AvgIpc) is 3.29. The standard InChI is InChI=1S/C20H24N2O5/c1-13(23)14-5-4-6-16(9-14)21-18(24)12-27-20(26)15-10-19(25)22(11-15)17-7-2-3-8-17/h4-6,9,15,17H,2-3,7-8,10-12H2,1H3,(H,21,24)/t15-/m0/s1. The molecule has 3 rings (SSSR count). The molecule has 0 unspecified atom stereocenters. The van der Waals surface area contributed by atoms with Gasteiger partial charge in [0, 0.05) is 30.3 Å². The van der Waals surface area contributed by atoms with E-state index in [9.17, 15) is 19.2 Å². The van der Waals surface area contributed by atoms with Gasteiger partial charge in [-0.1, -0.05) is 25.0 Å². The van der Waals surface area contributed by atoms with Crippen molar-refractivity contribution in [2.75, 3.05) is 18.5 Å². The lowest BCUT2D eigenvalue weighted by molar-refractivity contribution is -0.151. The molecule has 1 N–H and O–H groups in total. The topological polar surface area (TPSA) is 92.8 Å². The minimum absolute atomic E-state index is 0.00523. The zero-order chi connectivity index (χ0) is 19.4. The highest BCUT2D eigenvalue weighted by molar-refractivity contribution is 5.97. The molecule has 1 saturated heterocycles. The number of Topliss-reactive ketones (excluding diaryl/α,β-unsaturated/α-hetero) is 1. The number of carbonyl (C=O) groups is 4. The Bertz CT molecular complexity index is 754. The van der Waals surface area contributed by atoms with Crippen molar-refractivity contribution in [3.05, 3.63) is 29.8 Å². The van der Waals surface area contributed by atoms with Crippen molar-refractivity contribution < 1.29 is 23.9 Å². The van der Waals surface area contributed by atoms with Crippen LogP contribution in [0.25, 0.3) is 0 Å². The first kappa shape index (κ1) is 19.1. The highest BCUT2D eigenvalue weighted by atomic mass is 16.5. The number of rotatable bonds is 6. The molecule has 27 heavy (non-hydrogen) atoms. The fraction of sp³-hybridized carbons (Fsp3) is 0.500. The molecule has 1 aliphatic carbocycles. The number of ether oxygens (including phenoxy) is 1. The Hall–Kier alpha value is -2.70. The second kappa shape index (κ2) is 8.33. The van der Waals surface area contributed by atoms with E-state index >= 15 is 0 Å². The van der Waals surface area contributed by atoms with Crippen molar-refractivity contribution >= 4 is 29.3 Å². The van der Waals surface area contributed by atoms with Gasteiger partial charge in [0.1, 0.15) is 0 Å². The molecule has 7 heteroatoms. The zero-order valence-corrected chi connectivity index (χ0v) is 15.4. The SMILES string of the molecule is CC(=O)c1cccc(NC(=O)COC(=O)[C@H]2CC(=O)N(C3CCCC3)C2)c1. The molecule has 1 aromatic rings. The fourth-order valence-electron chi connectivity index (χ4n) is 3.73. The number of hydrogen-bond donors (Lipinski definition) is 1. The maximum Gasteiger partial charge on any atom is 0.311 e. The van der Waals surface area contributed by atoms with E-state index in [1.807, 2.05) is 0 Å². The first-order chi connectivity index (χ1) is 12.9. The number of carbonyl (C=O) groups excluding carboxylic acids is 4. The van der Waals surface area contributed by atoms with Gasteiger partial charge < -0.3 is 15.0 Å². The molecule has 1 heterocycles. The normalized spacial score (nSPS) is 20.0. The largest absolute Gasteiger partial charge is 0.455 e. The zero-order valence-electron chi connectivity index (χ0n) is 15.4. The van der Waals surface area contributed by atoms with Crippen LogP contribution in [0.1, 0.15) is 49.4 Å². The molecule has 1 saturated carbocycles. The Labute approximate surface area is 158 Å². The summed E-state index contributed by atoms with van der Waals surface area (Å²) in [4.78, 5) is 49.6. The van der Waals surface area contributed by atoms with Gasteiger partial charge in [-0.15, -0.1) is 0 Å². The highest BCUT2D eigenvalue weighted by Crippen LogP contribution is 2.29. The molecule has 1 aromatic carbocycles. The van der Waals surface area contributed by atoms with E-state index in [0.29, 0.717) is 17.8 Å². The monoisotopic (exact) mass is 372 g/mol. The average molecular weight is 372 g/mol. The summed E-state index contributed by atoms with van der Waals surface area (Å²) in [6.07, 6.45) is 4.38. The molecule has 0 bridgehead atoms. The molecule has 144 valence electrons. The van der Waals surface area contributed by atoms with Crippen LogP contribution in [0.15, 0.2) is 24.3 Å². The van der Waals surface area contributed by atoms with Crippen LogP contribution in [0.5, 0.6) is 0 Å². The number of amides is 2. The van der Waals surface area contributed by atoms with Crippen LogP contribution in [0.2, 0.25) is 0 Å². The molecule has 1 atom stereocenters. The van der Waals surface area contributed by atoms with Gasteiger partial charge in [-0.3, -0.25) is 19.2 Å². The van der Waals surface area contributed by atoms with Gasteiger partial charge in [0.25, 0.3) is 5.91 Å². The van der Waals surface area contributed by atoms with Crippen LogP contribution < -0.4 is 5.32 Å². The Morgan fingerprint density at radius 2 is 1.96 bits per heavy atom. The molecular formula is C20H24N2O5. The molecule has 0 radical (unpaired) electrons. The van der Waals surface area contributed by atoms with Crippen molar-refractivity contribution in [3.63, 3.8) is 0 Å². The van der Waals surface area contributed by atoms with Crippen molar-refractivity contribution in [2.45, 2.75) is 45.1 Å². The Kier molecular flexibility index (Phi) is 5.88. The molecule has 2 amide bonds. The van der Waals surface area contributed by atoms with Crippen LogP contribution in [-0.4, -0.2) is 47.7 Å². The number of anilines is 1. The number of hydrogen-bond acceptors (Lipinski definition) is 5. The second-order valence-corrected chi connectivity index (χ2v) is 7.18. The van der Waals surface area contributed by atoms with Crippen molar-refractivity contribution in [1.29, 1.82) is 0 Å². The summed E-state index contributed by atoms with van der Waals surface area (Å²) in [7, 11) is 0. The lowest BCUT2D eigenvalue weighted by Gasteiger charge is -2.23. The van der Waals surface area contributed by atoms with E-state index in [0.717, 1.165) is 25.7 Å². The quantitative estimate of drug-likeness (QED) is 0.610. The molecule has 1 aliphatic heterocycles. The molecular weight excluding hydrogens is 348 g/mol. The van der Waals surface area contributed by atoms with Crippen LogP contribution in [0, 0.1) is 5.92 Å². The third-order valence-corrected chi connectivity index (χ3v) is 5.16. The smallest absolute Gasteiger partial charge is 0.311 e. The summed E-state index contributed by atoms with van der Waals surface area (Å²) in [5.74, 6) is -1.62. The molecule has 2 fully saturated rings. The van der Waals surface area contributed by atoms with Gasteiger partial charge >= 0.3 is 5.97 Å². The van der Waals surface area contributed by atoms with Gasteiger partial charge in [0.2, 0.25) is 5.91 Å². The Morgan fingerprint density at radius 3 is 2.67 bits per heavy atom. The first-order valence-corrected chi connectivity index (χ1v) is 9.31. The van der Waals surface area contributed by atoms with Crippen molar-refractivity contribution in [3.8, 4) is 0 Å². The minimum atomic E-state index is -0.517. The third kappa shape index (κ3) is 4.72. The third-order valence-electron chi connectivity index (χ3n) is 5.16. The van der Waals surface area contributed by atoms with E-state index < -0.39 is 24.4 Å². The van der Waals surface area contributed by atoms with Gasteiger partial charge in [0.05, 0.1) is 5.92 Å². The number of benzene rings is 1. The van der Waals surface area contributed by atoms with E-state index in [1.165, 1.54) is 6.92 Å². The van der Waals surface area contributed by atoms with Crippen molar-refractivity contribution in [2.24, 2.45) is 5.92 Å². The van der Waals surface area contributed by atoms with Gasteiger partial charge in [-0.2, -0.15) is 0 Å². The molecule has 0 spiro atoms. The number of esters is 1. The van der Waals surface area contributed by atoms with Gasteiger partial charge in [-0.25, -0.2) is 0 Å². The molecule has 2 aliphatic rings. The van der Waals surface area contributed by atoms with E-state index in [-0.39, 0.29) is 24.2 Å². The lowest BCUT2D eigenvalue weighted by Crippen LogP contribution is -2.35. The summed E-state index contributed by atoms with van der Waals surface area (Å²) < 4.78 is 5.10. The maximum absolute atomic E-state index is 12.2. The maximum atomic E-state index is 12.2. The van der Waals surface area contributed by atoms with Gasteiger partial charge in [0.15, 0.2) is 12.4 Å². The second-order valence-electron chi connectivity index (χ2n) is 7.18. The van der Waals surface area contributed by atoms with E-state index in [2.05, 4.69) is 5.32 Å². The van der Waals surface area contributed by atoms with E-state index in [1.54, 1.807) is 29.2 Å². The van der Waals surface area contributed by atoms with E-state index in [4.69, 9.17) is 4.74 Å². The number of likely N-dealkylation sites (tertiary alicyclic amines) is 1.